The van der Waals surface area contributed by atoms with Crippen LogP contribution in [0.1, 0.15) is 10.4 Å². The van der Waals surface area contributed by atoms with Gasteiger partial charge in [-0.25, -0.2) is 4.98 Å². The second-order valence-electron chi connectivity index (χ2n) is 5.84. The summed E-state index contributed by atoms with van der Waals surface area (Å²) in [4.78, 5) is 28.8. The van der Waals surface area contributed by atoms with E-state index in [1.807, 2.05) is 59.2 Å². The van der Waals surface area contributed by atoms with Gasteiger partial charge in [0.25, 0.3) is 5.91 Å². The molecule has 0 radical (unpaired) electrons. The second-order valence-corrected chi connectivity index (χ2v) is 5.84. The first kappa shape index (κ1) is 16.6. The lowest BCUT2D eigenvalue weighted by molar-refractivity contribution is -0.115. The van der Waals surface area contributed by atoms with Gasteiger partial charge in [-0.15, -0.1) is 0 Å². The average Bonchev–Trinajstić information content (AvgIpc) is 3.34. The van der Waals surface area contributed by atoms with Crippen LogP contribution in [0, 0.1) is 0 Å². The van der Waals surface area contributed by atoms with Crippen molar-refractivity contribution >= 4 is 28.8 Å². The van der Waals surface area contributed by atoms with Gasteiger partial charge in [-0.2, -0.15) is 0 Å². The minimum Gasteiger partial charge on any atom is -0.472 e. The van der Waals surface area contributed by atoms with E-state index in [2.05, 4.69) is 15.6 Å². The number of carbonyl (C=O) groups is 2. The monoisotopic (exact) mass is 360 g/mol. The first-order valence-corrected chi connectivity index (χ1v) is 8.35. The number of imidazole rings is 1. The zero-order chi connectivity index (χ0) is 18.6. The number of nitrogens with one attached hydrogen (secondary N) is 2. The Hall–Kier alpha value is -3.87. The lowest BCUT2D eigenvalue weighted by Crippen LogP contribution is -2.33. The van der Waals surface area contributed by atoms with E-state index in [9.17, 15) is 9.59 Å². The van der Waals surface area contributed by atoms with Crippen LogP contribution < -0.4 is 10.6 Å². The molecule has 0 spiro atoms. The van der Waals surface area contributed by atoms with Crippen molar-refractivity contribution < 1.29 is 14.0 Å². The third-order valence-electron chi connectivity index (χ3n) is 4.02. The number of hydrogen-bond donors (Lipinski definition) is 2. The molecule has 7 nitrogen and oxygen atoms in total. The van der Waals surface area contributed by atoms with Crippen molar-refractivity contribution in [2.45, 2.75) is 0 Å². The van der Waals surface area contributed by atoms with Gasteiger partial charge in [-0.3, -0.25) is 19.5 Å². The molecule has 0 aliphatic heterocycles. The van der Waals surface area contributed by atoms with E-state index >= 15 is 0 Å². The van der Waals surface area contributed by atoms with Crippen LogP contribution in [0.2, 0.25) is 0 Å². The highest BCUT2D eigenvalue weighted by Crippen LogP contribution is 2.24. The topological polar surface area (TPSA) is 89.2 Å². The predicted octanol–water partition coefficient (Wildman–Crippen LogP) is 2.99. The average molecular weight is 360 g/mol. The molecule has 0 bridgehead atoms. The van der Waals surface area contributed by atoms with Gasteiger partial charge >= 0.3 is 0 Å². The highest BCUT2D eigenvalue weighted by Gasteiger charge is 2.15. The molecule has 0 fully saturated rings. The van der Waals surface area contributed by atoms with Gasteiger partial charge in [0.15, 0.2) is 0 Å². The number of furan rings is 1. The molecule has 0 saturated carbocycles. The van der Waals surface area contributed by atoms with Crippen molar-refractivity contribution in [3.8, 4) is 5.69 Å². The van der Waals surface area contributed by atoms with Gasteiger partial charge in [0.2, 0.25) is 11.9 Å². The molecule has 2 aromatic carbocycles. The number of benzene rings is 2. The largest absolute Gasteiger partial charge is 0.472 e. The Labute approximate surface area is 154 Å². The van der Waals surface area contributed by atoms with Gasteiger partial charge in [0.1, 0.15) is 6.26 Å². The number of para-hydroxylation sites is 3. The third kappa shape index (κ3) is 3.43. The summed E-state index contributed by atoms with van der Waals surface area (Å²) in [5.74, 6) is -0.361. The maximum absolute atomic E-state index is 12.3. The lowest BCUT2D eigenvalue weighted by Gasteiger charge is -2.10. The van der Waals surface area contributed by atoms with Crippen molar-refractivity contribution in [2.75, 3.05) is 11.9 Å². The standard InChI is InChI=1S/C20H16N4O3/c25-18(12-21-19(26)14-10-11-27-13-14)23-20-22-16-8-4-5-9-17(16)24(20)15-6-2-1-3-7-15/h1-11,13H,12H2,(H,21,26)(H,22,23,25). The van der Waals surface area contributed by atoms with Crippen LogP contribution in [0.5, 0.6) is 0 Å². The van der Waals surface area contributed by atoms with Crippen LogP contribution in [0.4, 0.5) is 5.95 Å². The van der Waals surface area contributed by atoms with Crippen molar-refractivity contribution in [3.63, 3.8) is 0 Å². The smallest absolute Gasteiger partial charge is 0.254 e. The lowest BCUT2D eigenvalue weighted by atomic mass is 10.3. The molecule has 2 N–H and O–H groups in total. The highest BCUT2D eigenvalue weighted by atomic mass is 16.3. The molecule has 4 rings (SSSR count). The molecular weight excluding hydrogens is 344 g/mol. The van der Waals surface area contributed by atoms with E-state index < -0.39 is 0 Å². The van der Waals surface area contributed by atoms with E-state index in [1.165, 1.54) is 18.6 Å². The molecule has 4 aromatic rings. The van der Waals surface area contributed by atoms with E-state index in [4.69, 9.17) is 4.42 Å². The number of fused-ring (bicyclic) bond motifs is 1. The van der Waals surface area contributed by atoms with Crippen LogP contribution in [0.15, 0.2) is 77.6 Å². The van der Waals surface area contributed by atoms with E-state index in [0.29, 0.717) is 11.5 Å². The Balaban J connectivity index is 1.56. The Morgan fingerprint density at radius 2 is 1.78 bits per heavy atom. The molecule has 7 heteroatoms. The minimum atomic E-state index is -0.379. The molecule has 2 heterocycles. The molecule has 0 aliphatic carbocycles. The van der Waals surface area contributed by atoms with Crippen LogP contribution in [-0.4, -0.2) is 27.9 Å². The number of anilines is 1. The zero-order valence-electron chi connectivity index (χ0n) is 14.3. The molecule has 27 heavy (non-hydrogen) atoms. The summed E-state index contributed by atoms with van der Waals surface area (Å²) in [5.41, 5.74) is 2.88. The maximum atomic E-state index is 12.3. The summed E-state index contributed by atoms with van der Waals surface area (Å²) in [6.45, 7) is -0.179. The molecule has 0 saturated heterocycles. The third-order valence-corrected chi connectivity index (χ3v) is 4.02. The second kappa shape index (κ2) is 7.17. The number of carbonyl (C=O) groups excluding carboxylic acids is 2. The quantitative estimate of drug-likeness (QED) is 0.573. The highest BCUT2D eigenvalue weighted by molar-refractivity contribution is 5.99. The maximum Gasteiger partial charge on any atom is 0.254 e. The van der Waals surface area contributed by atoms with E-state index in [-0.39, 0.29) is 18.4 Å². The number of aromatic nitrogens is 2. The SMILES string of the molecule is O=C(CNC(=O)c1ccoc1)Nc1nc2ccccc2n1-c1ccccc1. The van der Waals surface area contributed by atoms with E-state index in [0.717, 1.165) is 16.7 Å². The van der Waals surface area contributed by atoms with Crippen LogP contribution in [-0.2, 0) is 4.79 Å². The summed E-state index contributed by atoms with van der Waals surface area (Å²) in [6.07, 6.45) is 2.72. The minimum absolute atomic E-state index is 0.179. The van der Waals surface area contributed by atoms with E-state index in [1.54, 1.807) is 0 Å². The first-order valence-electron chi connectivity index (χ1n) is 8.35. The molecule has 134 valence electrons. The molecule has 2 amide bonds. The summed E-state index contributed by atoms with van der Waals surface area (Å²) in [6, 6.07) is 18.8. The van der Waals surface area contributed by atoms with Gasteiger partial charge < -0.3 is 9.73 Å². The van der Waals surface area contributed by atoms with Crippen LogP contribution in [0.3, 0.4) is 0 Å². The zero-order valence-corrected chi connectivity index (χ0v) is 14.3. The number of nitrogens with zero attached hydrogens (tertiary/aromatic N) is 2. The molecule has 0 unspecified atom stereocenters. The Bertz CT molecular complexity index is 1090. The number of hydrogen-bond acceptors (Lipinski definition) is 4. The Morgan fingerprint density at radius 3 is 2.56 bits per heavy atom. The van der Waals surface area contributed by atoms with Crippen molar-refractivity contribution in [3.05, 3.63) is 78.8 Å². The van der Waals surface area contributed by atoms with Crippen LogP contribution >= 0.6 is 0 Å². The fourth-order valence-corrected chi connectivity index (χ4v) is 2.77. The van der Waals surface area contributed by atoms with Gasteiger partial charge in [0, 0.05) is 5.69 Å². The Kier molecular flexibility index (Phi) is 4.40. The van der Waals surface area contributed by atoms with Gasteiger partial charge in [-0.1, -0.05) is 30.3 Å². The molecule has 0 aliphatic rings. The summed E-state index contributed by atoms with van der Waals surface area (Å²) < 4.78 is 6.73. The predicted molar refractivity (Wildman–Crippen MR) is 101 cm³/mol. The number of amides is 2. The fraction of sp³-hybridized carbons (Fsp3) is 0.0500. The fourth-order valence-electron chi connectivity index (χ4n) is 2.77. The van der Waals surface area contributed by atoms with Crippen molar-refractivity contribution in [1.29, 1.82) is 0 Å². The summed E-state index contributed by atoms with van der Waals surface area (Å²) >= 11 is 0. The first-order chi connectivity index (χ1) is 13.2. The number of rotatable bonds is 5. The molecule has 0 atom stereocenters. The normalized spacial score (nSPS) is 10.7. The van der Waals surface area contributed by atoms with Crippen molar-refractivity contribution in [1.82, 2.24) is 14.9 Å². The molecular formula is C20H16N4O3. The summed E-state index contributed by atoms with van der Waals surface area (Å²) in [7, 11) is 0. The Morgan fingerprint density at radius 1 is 1.00 bits per heavy atom. The van der Waals surface area contributed by atoms with Gasteiger partial charge in [-0.05, 0) is 30.3 Å². The van der Waals surface area contributed by atoms with Gasteiger partial charge in [0.05, 0.1) is 29.4 Å². The molecule has 2 aromatic heterocycles. The van der Waals surface area contributed by atoms with Crippen LogP contribution in [0.25, 0.3) is 16.7 Å². The van der Waals surface area contributed by atoms with Crippen molar-refractivity contribution in [2.24, 2.45) is 0 Å². The summed E-state index contributed by atoms with van der Waals surface area (Å²) in [5, 5.41) is 5.32.